The van der Waals surface area contributed by atoms with E-state index in [-0.39, 0.29) is 17.0 Å². The molecule has 7 heteroatoms. The van der Waals surface area contributed by atoms with E-state index in [2.05, 4.69) is 10.3 Å². The van der Waals surface area contributed by atoms with Gasteiger partial charge in [-0.1, -0.05) is 23.2 Å². The van der Waals surface area contributed by atoms with E-state index in [1.165, 1.54) is 19.2 Å². The molecule has 1 aromatic carbocycles. The predicted octanol–water partition coefficient (Wildman–Crippen LogP) is 4.27. The van der Waals surface area contributed by atoms with Crippen LogP contribution in [-0.4, -0.2) is 25.2 Å². The summed E-state index contributed by atoms with van der Waals surface area (Å²) in [6.07, 6.45) is 3.90. The highest BCUT2D eigenvalue weighted by molar-refractivity contribution is 6.31. The van der Waals surface area contributed by atoms with Gasteiger partial charge in [0.25, 0.3) is 0 Å². The number of nitrogens with zero attached hydrogens (tertiary/aromatic N) is 1. The number of hydrogen-bond acceptors (Lipinski definition) is 4. The molecule has 2 aromatic rings. The van der Waals surface area contributed by atoms with Crippen LogP contribution < -0.4 is 14.8 Å². The van der Waals surface area contributed by atoms with Gasteiger partial charge in [0.2, 0.25) is 0 Å². The lowest BCUT2D eigenvalue weighted by atomic mass is 9.96. The fraction of sp³-hybridized carbons (Fsp3) is 0.353. The normalized spacial score (nSPS) is 18.4. The van der Waals surface area contributed by atoms with Crippen LogP contribution in [0.25, 0.3) is 0 Å². The first-order chi connectivity index (χ1) is 11.6. The van der Waals surface area contributed by atoms with Gasteiger partial charge in [-0.05, 0) is 19.0 Å². The SMILES string of the molecule is COc1cc(Cl)c(F)cc1OC(c1cncc(Cl)c1)C1CCNC1. The lowest BCUT2D eigenvalue weighted by Crippen LogP contribution is -2.22. The molecular formula is C17H17Cl2FN2O2. The molecule has 0 spiro atoms. The molecule has 0 aliphatic carbocycles. The molecule has 0 bridgehead atoms. The number of nitrogens with one attached hydrogen (secondary N) is 1. The number of methoxy groups -OCH3 is 1. The fourth-order valence-corrected chi connectivity index (χ4v) is 3.19. The van der Waals surface area contributed by atoms with Crippen LogP contribution in [0, 0.1) is 11.7 Å². The van der Waals surface area contributed by atoms with E-state index in [4.69, 9.17) is 32.7 Å². The third kappa shape index (κ3) is 3.74. The standard InChI is InChI=1S/C17H17Cl2FN2O2/c1-23-15-5-13(19)14(20)6-16(15)24-17(10-2-3-21-7-10)11-4-12(18)9-22-8-11/h4-6,8-10,17,21H,2-3,7H2,1H3. The first-order valence-corrected chi connectivity index (χ1v) is 8.35. The number of hydrogen-bond donors (Lipinski definition) is 1. The number of aromatic nitrogens is 1. The van der Waals surface area contributed by atoms with Crippen LogP contribution >= 0.6 is 23.2 Å². The summed E-state index contributed by atoms with van der Waals surface area (Å²) in [6.45, 7) is 1.71. The first-order valence-electron chi connectivity index (χ1n) is 7.59. The number of halogens is 3. The minimum atomic E-state index is -0.556. The Labute approximate surface area is 149 Å². The van der Waals surface area contributed by atoms with E-state index in [1.807, 2.05) is 6.07 Å². The van der Waals surface area contributed by atoms with Crippen molar-refractivity contribution >= 4 is 23.2 Å². The molecule has 2 atom stereocenters. The van der Waals surface area contributed by atoms with Crippen molar-refractivity contribution in [1.82, 2.24) is 10.3 Å². The van der Waals surface area contributed by atoms with Crippen molar-refractivity contribution in [3.8, 4) is 11.5 Å². The summed E-state index contributed by atoms with van der Waals surface area (Å²) in [7, 11) is 1.49. The van der Waals surface area contributed by atoms with E-state index >= 15 is 0 Å². The van der Waals surface area contributed by atoms with Crippen LogP contribution in [0.2, 0.25) is 10.0 Å². The van der Waals surface area contributed by atoms with Crippen LogP contribution in [0.1, 0.15) is 18.1 Å². The summed E-state index contributed by atoms with van der Waals surface area (Å²) in [6, 6.07) is 4.47. The number of rotatable bonds is 5. The molecule has 1 fully saturated rings. The maximum absolute atomic E-state index is 13.9. The Morgan fingerprint density at radius 3 is 2.75 bits per heavy atom. The van der Waals surface area contributed by atoms with E-state index in [9.17, 15) is 4.39 Å². The minimum Gasteiger partial charge on any atom is -0.493 e. The Hall–Kier alpha value is -1.56. The van der Waals surface area contributed by atoms with Crippen LogP contribution in [0.15, 0.2) is 30.6 Å². The molecule has 2 heterocycles. The summed E-state index contributed by atoms with van der Waals surface area (Å²) in [5, 5.41) is 3.83. The largest absolute Gasteiger partial charge is 0.493 e. The second-order valence-electron chi connectivity index (χ2n) is 5.64. The Morgan fingerprint density at radius 1 is 1.25 bits per heavy atom. The summed E-state index contributed by atoms with van der Waals surface area (Å²) in [5.41, 5.74) is 0.841. The Bertz CT molecular complexity index is 724. The van der Waals surface area contributed by atoms with Crippen LogP contribution in [-0.2, 0) is 0 Å². The van der Waals surface area contributed by atoms with Crippen LogP contribution in [0.5, 0.6) is 11.5 Å². The molecular weight excluding hydrogens is 354 g/mol. The third-order valence-electron chi connectivity index (χ3n) is 4.04. The highest BCUT2D eigenvalue weighted by atomic mass is 35.5. The van der Waals surface area contributed by atoms with E-state index in [0.717, 1.165) is 25.1 Å². The van der Waals surface area contributed by atoms with Gasteiger partial charge in [-0.2, -0.15) is 0 Å². The summed E-state index contributed by atoms with van der Waals surface area (Å²) in [4.78, 5) is 4.13. The van der Waals surface area contributed by atoms with E-state index < -0.39 is 5.82 Å². The second kappa shape index (κ2) is 7.55. The molecule has 3 rings (SSSR count). The molecule has 0 saturated carbocycles. The van der Waals surface area contributed by atoms with E-state index in [0.29, 0.717) is 16.5 Å². The molecule has 2 unspecified atom stereocenters. The van der Waals surface area contributed by atoms with Gasteiger partial charge in [0.15, 0.2) is 11.5 Å². The topological polar surface area (TPSA) is 43.4 Å². The molecule has 1 saturated heterocycles. The summed E-state index contributed by atoms with van der Waals surface area (Å²) in [5.74, 6) is 0.345. The van der Waals surface area contributed by atoms with Crippen molar-refractivity contribution in [3.63, 3.8) is 0 Å². The Morgan fingerprint density at radius 2 is 2.08 bits per heavy atom. The predicted molar refractivity (Wildman–Crippen MR) is 91.6 cm³/mol. The smallest absolute Gasteiger partial charge is 0.165 e. The van der Waals surface area contributed by atoms with Crippen LogP contribution in [0.3, 0.4) is 0 Å². The Kier molecular flexibility index (Phi) is 5.43. The van der Waals surface area contributed by atoms with E-state index in [1.54, 1.807) is 12.4 Å². The minimum absolute atomic E-state index is 0.0114. The van der Waals surface area contributed by atoms with Gasteiger partial charge in [-0.15, -0.1) is 0 Å². The monoisotopic (exact) mass is 370 g/mol. The van der Waals surface area contributed by atoms with Crippen molar-refractivity contribution in [2.45, 2.75) is 12.5 Å². The molecule has 128 valence electrons. The van der Waals surface area contributed by atoms with Crippen molar-refractivity contribution in [2.24, 2.45) is 5.92 Å². The highest BCUT2D eigenvalue weighted by Crippen LogP contribution is 2.38. The number of pyridine rings is 1. The lowest BCUT2D eigenvalue weighted by Gasteiger charge is -2.25. The zero-order chi connectivity index (χ0) is 17.1. The molecule has 0 radical (unpaired) electrons. The second-order valence-corrected chi connectivity index (χ2v) is 6.49. The van der Waals surface area contributed by atoms with Gasteiger partial charge in [0.1, 0.15) is 11.9 Å². The van der Waals surface area contributed by atoms with Gasteiger partial charge in [0, 0.05) is 42.6 Å². The van der Waals surface area contributed by atoms with Gasteiger partial charge >= 0.3 is 0 Å². The van der Waals surface area contributed by atoms with Crippen molar-refractivity contribution in [2.75, 3.05) is 20.2 Å². The average molecular weight is 371 g/mol. The quantitative estimate of drug-likeness (QED) is 0.853. The molecule has 1 aliphatic heterocycles. The molecule has 4 nitrogen and oxygen atoms in total. The molecule has 1 aliphatic rings. The Balaban J connectivity index is 1.96. The fourth-order valence-electron chi connectivity index (χ4n) is 2.85. The van der Waals surface area contributed by atoms with Gasteiger partial charge in [-0.25, -0.2) is 4.39 Å². The third-order valence-corrected chi connectivity index (χ3v) is 4.54. The highest BCUT2D eigenvalue weighted by Gasteiger charge is 2.29. The summed E-state index contributed by atoms with van der Waals surface area (Å²) >= 11 is 11.9. The molecule has 24 heavy (non-hydrogen) atoms. The van der Waals surface area contributed by atoms with Gasteiger partial charge < -0.3 is 14.8 Å². The first kappa shape index (κ1) is 17.3. The van der Waals surface area contributed by atoms with Crippen molar-refractivity contribution < 1.29 is 13.9 Å². The molecule has 1 N–H and O–H groups in total. The molecule has 0 amide bonds. The van der Waals surface area contributed by atoms with Gasteiger partial charge in [-0.3, -0.25) is 4.98 Å². The van der Waals surface area contributed by atoms with Gasteiger partial charge in [0.05, 0.1) is 17.2 Å². The van der Waals surface area contributed by atoms with Crippen molar-refractivity contribution in [3.05, 3.63) is 52.0 Å². The van der Waals surface area contributed by atoms with Crippen molar-refractivity contribution in [1.29, 1.82) is 0 Å². The number of ether oxygens (including phenoxy) is 2. The number of benzene rings is 1. The zero-order valence-corrected chi connectivity index (χ0v) is 14.6. The van der Waals surface area contributed by atoms with Crippen LogP contribution in [0.4, 0.5) is 4.39 Å². The molecule has 1 aromatic heterocycles. The average Bonchev–Trinajstić information content (AvgIpc) is 3.09. The summed E-state index contributed by atoms with van der Waals surface area (Å²) < 4.78 is 25.3. The zero-order valence-electron chi connectivity index (χ0n) is 13.1. The maximum Gasteiger partial charge on any atom is 0.165 e. The lowest BCUT2D eigenvalue weighted by molar-refractivity contribution is 0.138. The maximum atomic E-state index is 13.9.